The number of hydrogen-bond donors (Lipinski definition) is 1. The maximum absolute atomic E-state index is 11.5. The van der Waals surface area contributed by atoms with Gasteiger partial charge in [0.05, 0.1) is 0 Å². The van der Waals surface area contributed by atoms with Crippen molar-refractivity contribution >= 4 is 25.3 Å². The van der Waals surface area contributed by atoms with Crippen LogP contribution in [0.1, 0.15) is 6.92 Å². The van der Waals surface area contributed by atoms with E-state index in [0.29, 0.717) is 0 Å². The molecular formula is C7H13ClNO5P. The zero-order valence-electron chi connectivity index (χ0n) is 8.87. The summed E-state index contributed by atoms with van der Waals surface area (Å²) in [6, 6.07) is 0. The van der Waals surface area contributed by atoms with E-state index in [1.807, 2.05) is 0 Å². The molecule has 0 aromatic rings. The molecule has 0 saturated carbocycles. The Bertz CT molecular complexity index is 309. The molecule has 0 rings (SSSR count). The molecule has 6 nitrogen and oxygen atoms in total. The Morgan fingerprint density at radius 3 is 2.13 bits per heavy atom. The smallest absolute Gasteiger partial charge is 0.407 e. The topological polar surface area (TPSA) is 73.9 Å². The molecule has 1 amide bonds. The Morgan fingerprint density at radius 2 is 1.80 bits per heavy atom. The summed E-state index contributed by atoms with van der Waals surface area (Å²) in [5.74, 6) is -0.587. The van der Waals surface area contributed by atoms with Crippen molar-refractivity contribution in [1.29, 1.82) is 0 Å². The van der Waals surface area contributed by atoms with Gasteiger partial charge in [-0.05, 0) is 6.92 Å². The highest BCUT2D eigenvalue weighted by Gasteiger charge is 2.26. The summed E-state index contributed by atoms with van der Waals surface area (Å²) in [6.07, 6.45) is 0. The Hall–Kier alpha value is -0.550. The van der Waals surface area contributed by atoms with Crippen molar-refractivity contribution in [1.82, 2.24) is 5.32 Å². The molecule has 8 heteroatoms. The third kappa shape index (κ3) is 4.22. The molecule has 0 fully saturated rings. The van der Waals surface area contributed by atoms with Crippen molar-refractivity contribution < 1.29 is 22.9 Å². The highest BCUT2D eigenvalue weighted by atomic mass is 35.5. The first-order valence-corrected chi connectivity index (χ1v) is 5.73. The average molecular weight is 258 g/mol. The standard InChI is InChI=1S/C7H13ClNO5P/c1-5(6(8)7(10)9-2)14-15(11,12-3)13-4/h1-4H3,(H,9,10)/b6-5-. The highest BCUT2D eigenvalue weighted by molar-refractivity contribution is 7.48. The fourth-order valence-corrected chi connectivity index (χ4v) is 1.54. The third-order valence-electron chi connectivity index (χ3n) is 1.43. The number of nitrogens with one attached hydrogen (secondary N) is 1. The lowest BCUT2D eigenvalue weighted by Gasteiger charge is -2.15. The Kier molecular flexibility index (Phi) is 5.90. The van der Waals surface area contributed by atoms with Crippen molar-refractivity contribution in [2.45, 2.75) is 6.92 Å². The molecule has 1 N–H and O–H groups in total. The lowest BCUT2D eigenvalue weighted by molar-refractivity contribution is -0.116. The van der Waals surface area contributed by atoms with Gasteiger partial charge >= 0.3 is 7.82 Å². The maximum atomic E-state index is 11.5. The second-order valence-electron chi connectivity index (χ2n) is 2.35. The number of phosphoric ester groups is 1. The largest absolute Gasteiger partial charge is 0.529 e. The van der Waals surface area contributed by atoms with E-state index in [0.717, 1.165) is 14.2 Å². The number of amides is 1. The van der Waals surface area contributed by atoms with Gasteiger partial charge in [-0.25, -0.2) is 4.57 Å². The molecule has 88 valence electrons. The predicted molar refractivity (Wildman–Crippen MR) is 55.3 cm³/mol. The van der Waals surface area contributed by atoms with Crippen LogP contribution >= 0.6 is 19.4 Å². The molecule has 0 aromatic carbocycles. The number of phosphoric acid groups is 1. The number of allylic oxidation sites excluding steroid dienone is 1. The summed E-state index contributed by atoms with van der Waals surface area (Å²) in [5, 5.41) is 2.07. The van der Waals surface area contributed by atoms with E-state index in [9.17, 15) is 9.36 Å². The van der Waals surface area contributed by atoms with E-state index in [2.05, 4.69) is 14.4 Å². The van der Waals surface area contributed by atoms with Gasteiger partial charge in [0.1, 0.15) is 10.8 Å². The summed E-state index contributed by atoms with van der Waals surface area (Å²) >= 11 is 5.61. The van der Waals surface area contributed by atoms with E-state index in [1.54, 1.807) is 0 Å². The molecule has 0 radical (unpaired) electrons. The van der Waals surface area contributed by atoms with Gasteiger partial charge in [0.15, 0.2) is 0 Å². The second kappa shape index (κ2) is 6.12. The monoisotopic (exact) mass is 257 g/mol. The van der Waals surface area contributed by atoms with E-state index < -0.39 is 13.7 Å². The normalized spacial score (nSPS) is 13.1. The number of carbonyl (C=O) groups excluding carboxylic acids is 1. The Labute approximate surface area is 93.1 Å². The van der Waals surface area contributed by atoms with Gasteiger partial charge in [0.25, 0.3) is 5.91 Å². The Balaban J connectivity index is 4.80. The lowest BCUT2D eigenvalue weighted by Crippen LogP contribution is -2.18. The van der Waals surface area contributed by atoms with Crippen molar-refractivity contribution in [2.75, 3.05) is 21.3 Å². The van der Waals surface area contributed by atoms with Gasteiger partial charge in [0, 0.05) is 21.3 Å². The summed E-state index contributed by atoms with van der Waals surface area (Å²) in [5.41, 5.74) is 0. The van der Waals surface area contributed by atoms with Crippen molar-refractivity contribution in [3.05, 3.63) is 10.8 Å². The molecule has 15 heavy (non-hydrogen) atoms. The minimum absolute atomic E-state index is 0.0388. The number of hydrogen-bond acceptors (Lipinski definition) is 5. The van der Waals surface area contributed by atoms with Crippen LogP contribution in [0.3, 0.4) is 0 Å². The first-order chi connectivity index (χ1) is 6.90. The average Bonchev–Trinajstić information content (AvgIpc) is 2.26. The van der Waals surface area contributed by atoms with Gasteiger partial charge < -0.3 is 9.84 Å². The molecule has 0 unspecified atom stereocenters. The van der Waals surface area contributed by atoms with E-state index >= 15 is 0 Å². The molecule has 0 saturated heterocycles. The summed E-state index contributed by atoms with van der Waals surface area (Å²) in [7, 11) is 0.0595. The minimum Gasteiger partial charge on any atom is -0.407 e. The lowest BCUT2D eigenvalue weighted by atomic mass is 10.4. The fourth-order valence-electron chi connectivity index (χ4n) is 0.626. The van der Waals surface area contributed by atoms with Crippen LogP contribution < -0.4 is 5.32 Å². The zero-order valence-corrected chi connectivity index (χ0v) is 10.5. The van der Waals surface area contributed by atoms with E-state index in [4.69, 9.17) is 16.1 Å². The first-order valence-electron chi connectivity index (χ1n) is 3.89. The SMILES string of the molecule is CNC(=O)/C(Cl)=C(\C)OP(=O)(OC)OC. The van der Waals surface area contributed by atoms with Crippen molar-refractivity contribution in [2.24, 2.45) is 0 Å². The highest BCUT2D eigenvalue weighted by Crippen LogP contribution is 2.50. The quantitative estimate of drug-likeness (QED) is 0.460. The molecule has 0 atom stereocenters. The number of carbonyl (C=O) groups is 1. The van der Waals surface area contributed by atoms with Crippen LogP contribution in [0.5, 0.6) is 0 Å². The third-order valence-corrected chi connectivity index (χ3v) is 3.26. The molecule has 0 aliphatic heterocycles. The summed E-state index contributed by atoms with van der Waals surface area (Å²) < 4.78 is 25.3. The van der Waals surface area contributed by atoms with E-state index in [-0.39, 0.29) is 10.8 Å². The maximum Gasteiger partial charge on any atom is 0.529 e. The number of halogens is 1. The van der Waals surface area contributed by atoms with Crippen LogP contribution in [0.15, 0.2) is 10.8 Å². The summed E-state index contributed by atoms with van der Waals surface area (Å²) in [4.78, 5) is 11.1. The number of likely N-dealkylation sites (N-methyl/N-ethyl adjacent to an activating group) is 1. The molecule has 0 aromatic heterocycles. The van der Waals surface area contributed by atoms with Crippen LogP contribution in [0.4, 0.5) is 0 Å². The fraction of sp³-hybridized carbons (Fsp3) is 0.571. The zero-order chi connectivity index (χ0) is 12.1. The van der Waals surface area contributed by atoms with Crippen molar-refractivity contribution in [3.8, 4) is 0 Å². The van der Waals surface area contributed by atoms with Crippen LogP contribution in [-0.4, -0.2) is 27.2 Å². The van der Waals surface area contributed by atoms with Gasteiger partial charge in [-0.3, -0.25) is 13.8 Å². The Morgan fingerprint density at radius 1 is 1.33 bits per heavy atom. The van der Waals surface area contributed by atoms with Crippen molar-refractivity contribution in [3.63, 3.8) is 0 Å². The van der Waals surface area contributed by atoms with Crippen LogP contribution in [0.2, 0.25) is 0 Å². The van der Waals surface area contributed by atoms with Gasteiger partial charge in [-0.2, -0.15) is 0 Å². The van der Waals surface area contributed by atoms with Gasteiger partial charge in [-0.15, -0.1) is 0 Å². The summed E-state index contributed by atoms with van der Waals surface area (Å²) in [6.45, 7) is 1.38. The molecular weight excluding hydrogens is 245 g/mol. The van der Waals surface area contributed by atoms with E-state index in [1.165, 1.54) is 14.0 Å². The van der Waals surface area contributed by atoms with Gasteiger partial charge in [-0.1, -0.05) is 11.6 Å². The predicted octanol–water partition coefficient (Wildman–Crippen LogP) is 1.62. The van der Waals surface area contributed by atoms with Crippen LogP contribution in [-0.2, 0) is 22.9 Å². The first kappa shape index (κ1) is 14.5. The second-order valence-corrected chi connectivity index (χ2v) is 4.54. The molecule has 0 heterocycles. The van der Waals surface area contributed by atoms with Crippen LogP contribution in [0.25, 0.3) is 0 Å². The van der Waals surface area contributed by atoms with Crippen LogP contribution in [0, 0.1) is 0 Å². The molecule has 0 bridgehead atoms. The molecule has 0 aliphatic rings. The van der Waals surface area contributed by atoms with Gasteiger partial charge in [0.2, 0.25) is 0 Å². The minimum atomic E-state index is -3.66. The number of rotatable bonds is 5. The molecule has 0 aliphatic carbocycles. The molecule has 0 spiro atoms.